The summed E-state index contributed by atoms with van der Waals surface area (Å²) >= 11 is 1.74. The largest absolute Gasteiger partial charge is 0.497 e. The Morgan fingerprint density at radius 1 is 1.29 bits per heavy atom. The molecule has 6 nitrogen and oxygen atoms in total. The van der Waals surface area contributed by atoms with Gasteiger partial charge >= 0.3 is 0 Å². The minimum absolute atomic E-state index is 0. The van der Waals surface area contributed by atoms with Crippen molar-refractivity contribution in [2.75, 3.05) is 40.3 Å². The van der Waals surface area contributed by atoms with Gasteiger partial charge in [-0.2, -0.15) is 0 Å². The van der Waals surface area contributed by atoms with E-state index in [1.165, 1.54) is 24.1 Å². The maximum atomic E-state index is 5.25. The summed E-state index contributed by atoms with van der Waals surface area (Å²) in [6.45, 7) is 10.0. The van der Waals surface area contributed by atoms with E-state index in [4.69, 9.17) is 9.73 Å². The maximum absolute atomic E-state index is 5.25. The second kappa shape index (κ2) is 13.2. The van der Waals surface area contributed by atoms with Gasteiger partial charge in [0.15, 0.2) is 5.96 Å². The van der Waals surface area contributed by atoms with Crippen LogP contribution in [0, 0.1) is 12.8 Å². The lowest BCUT2D eigenvalue weighted by molar-refractivity contribution is 0.179. The lowest BCUT2D eigenvalue weighted by atomic mass is 9.97. The molecule has 0 radical (unpaired) electrons. The molecule has 2 aromatic rings. The smallest absolute Gasteiger partial charge is 0.193 e. The number of halogens is 1. The van der Waals surface area contributed by atoms with Crippen molar-refractivity contribution < 1.29 is 4.74 Å². The Hall–Kier alpha value is -1.39. The molecule has 0 saturated carbocycles. The Balaban J connectivity index is 0.00000341. The van der Waals surface area contributed by atoms with Crippen molar-refractivity contribution in [3.63, 3.8) is 0 Å². The molecule has 0 amide bonds. The van der Waals surface area contributed by atoms with Crippen LogP contribution in [-0.4, -0.2) is 61.1 Å². The number of hydrogen-bond acceptors (Lipinski definition) is 5. The zero-order valence-corrected chi connectivity index (χ0v) is 22.3. The van der Waals surface area contributed by atoms with E-state index in [1.54, 1.807) is 18.4 Å². The molecule has 0 spiro atoms. The van der Waals surface area contributed by atoms with E-state index in [-0.39, 0.29) is 24.0 Å². The third-order valence-electron chi connectivity index (χ3n) is 5.53. The second-order valence-corrected chi connectivity index (χ2v) is 9.04. The van der Waals surface area contributed by atoms with Gasteiger partial charge in [-0.1, -0.05) is 12.1 Å². The first kappa shape index (κ1) is 25.9. The standard InChI is InChI=1S/C23H35N5OS.HI/c1-5-24-23(27(3)15-20-6-8-22(29-4)9-7-20)25-14-19-10-12-28(13-11-19)16-21-17-30-18(2)26-21;/h6-9,17,19H,5,10-16H2,1-4H3,(H,24,25);1H. The number of nitrogens with zero attached hydrogens (tertiary/aromatic N) is 4. The molecule has 172 valence electrons. The Kier molecular flexibility index (Phi) is 11.0. The van der Waals surface area contributed by atoms with Gasteiger partial charge < -0.3 is 15.0 Å². The molecule has 31 heavy (non-hydrogen) atoms. The summed E-state index contributed by atoms with van der Waals surface area (Å²) < 4.78 is 5.25. The normalized spacial score (nSPS) is 15.4. The number of methoxy groups -OCH3 is 1. The molecular formula is C23H36IN5OS. The van der Waals surface area contributed by atoms with Crippen LogP contribution in [0.1, 0.15) is 36.0 Å². The molecule has 0 unspecified atom stereocenters. The Morgan fingerprint density at radius 2 is 2.00 bits per heavy atom. The van der Waals surface area contributed by atoms with Crippen LogP contribution in [0.2, 0.25) is 0 Å². The number of nitrogens with one attached hydrogen (secondary N) is 1. The van der Waals surface area contributed by atoms with Crippen LogP contribution in [0.15, 0.2) is 34.6 Å². The number of ether oxygens (including phenoxy) is 1. The van der Waals surface area contributed by atoms with Crippen molar-refractivity contribution in [1.29, 1.82) is 0 Å². The van der Waals surface area contributed by atoms with Gasteiger partial charge in [0.05, 0.1) is 17.8 Å². The van der Waals surface area contributed by atoms with Crippen LogP contribution in [0.5, 0.6) is 5.75 Å². The first-order chi connectivity index (χ1) is 14.6. The van der Waals surface area contributed by atoms with Crippen LogP contribution in [-0.2, 0) is 13.1 Å². The first-order valence-corrected chi connectivity index (χ1v) is 11.7. The predicted octanol–water partition coefficient (Wildman–Crippen LogP) is 4.39. The molecule has 1 N–H and O–H groups in total. The molecular weight excluding hydrogens is 521 g/mol. The summed E-state index contributed by atoms with van der Waals surface area (Å²) in [6.07, 6.45) is 2.41. The number of rotatable bonds is 8. The van der Waals surface area contributed by atoms with E-state index >= 15 is 0 Å². The van der Waals surface area contributed by atoms with E-state index in [1.807, 2.05) is 12.1 Å². The second-order valence-electron chi connectivity index (χ2n) is 7.98. The fourth-order valence-electron chi connectivity index (χ4n) is 3.80. The zero-order valence-electron chi connectivity index (χ0n) is 19.1. The molecule has 1 aromatic carbocycles. The molecule has 0 bridgehead atoms. The van der Waals surface area contributed by atoms with E-state index in [0.29, 0.717) is 5.92 Å². The molecule has 8 heteroatoms. The Labute approximate surface area is 208 Å². The number of guanidine groups is 1. The topological polar surface area (TPSA) is 53.0 Å². The lowest BCUT2D eigenvalue weighted by Gasteiger charge is -2.31. The minimum Gasteiger partial charge on any atom is -0.497 e. The van der Waals surface area contributed by atoms with Gasteiger partial charge in [0.25, 0.3) is 0 Å². The van der Waals surface area contributed by atoms with Crippen LogP contribution in [0.4, 0.5) is 0 Å². The number of benzene rings is 1. The highest BCUT2D eigenvalue weighted by Crippen LogP contribution is 2.20. The molecule has 1 aliphatic rings. The predicted molar refractivity (Wildman–Crippen MR) is 141 cm³/mol. The lowest BCUT2D eigenvalue weighted by Crippen LogP contribution is -2.39. The third kappa shape index (κ3) is 8.23. The summed E-state index contributed by atoms with van der Waals surface area (Å²) in [5.41, 5.74) is 2.46. The molecule has 2 heterocycles. The van der Waals surface area contributed by atoms with E-state index in [9.17, 15) is 0 Å². The monoisotopic (exact) mass is 557 g/mol. The number of hydrogen-bond donors (Lipinski definition) is 1. The van der Waals surface area contributed by atoms with Crippen molar-refractivity contribution >= 4 is 41.3 Å². The van der Waals surface area contributed by atoms with Gasteiger partial charge in [-0.3, -0.25) is 9.89 Å². The summed E-state index contributed by atoms with van der Waals surface area (Å²) in [7, 11) is 3.80. The van der Waals surface area contributed by atoms with Crippen LogP contribution in [0.3, 0.4) is 0 Å². The van der Waals surface area contributed by atoms with Crippen LogP contribution in [0.25, 0.3) is 0 Å². The average Bonchev–Trinajstić information content (AvgIpc) is 3.17. The highest BCUT2D eigenvalue weighted by molar-refractivity contribution is 14.0. The van der Waals surface area contributed by atoms with Gasteiger partial charge in [-0.05, 0) is 63.4 Å². The minimum atomic E-state index is 0. The highest BCUT2D eigenvalue weighted by atomic mass is 127. The molecule has 1 aliphatic heterocycles. The summed E-state index contributed by atoms with van der Waals surface area (Å²) in [6, 6.07) is 8.23. The molecule has 1 fully saturated rings. The summed E-state index contributed by atoms with van der Waals surface area (Å²) in [5.74, 6) is 2.52. The molecule has 1 saturated heterocycles. The van der Waals surface area contributed by atoms with Crippen molar-refractivity contribution in [2.24, 2.45) is 10.9 Å². The number of aryl methyl sites for hydroxylation is 1. The van der Waals surface area contributed by atoms with Gasteiger partial charge in [0.1, 0.15) is 5.75 Å². The molecule has 0 aliphatic carbocycles. The zero-order chi connectivity index (χ0) is 21.3. The van der Waals surface area contributed by atoms with E-state index in [0.717, 1.165) is 56.0 Å². The van der Waals surface area contributed by atoms with Gasteiger partial charge in [0, 0.05) is 38.6 Å². The Morgan fingerprint density at radius 3 is 2.58 bits per heavy atom. The first-order valence-electron chi connectivity index (χ1n) is 10.8. The third-order valence-corrected chi connectivity index (χ3v) is 6.36. The number of aromatic nitrogens is 1. The van der Waals surface area contributed by atoms with Gasteiger partial charge in [0.2, 0.25) is 0 Å². The quantitative estimate of drug-likeness (QED) is 0.297. The molecule has 3 rings (SSSR count). The fraction of sp³-hybridized carbons (Fsp3) is 0.565. The van der Waals surface area contributed by atoms with E-state index < -0.39 is 0 Å². The fourth-order valence-corrected chi connectivity index (χ4v) is 4.41. The SMILES string of the molecule is CCNC(=NCC1CCN(Cc2csc(C)n2)CC1)N(C)Cc1ccc(OC)cc1.I. The summed E-state index contributed by atoms with van der Waals surface area (Å²) in [4.78, 5) is 14.3. The van der Waals surface area contributed by atoms with Crippen molar-refractivity contribution in [3.05, 3.63) is 45.9 Å². The number of thiazole rings is 1. The maximum Gasteiger partial charge on any atom is 0.193 e. The van der Waals surface area contributed by atoms with E-state index in [2.05, 4.69) is 58.5 Å². The van der Waals surface area contributed by atoms with Gasteiger partial charge in [-0.15, -0.1) is 35.3 Å². The van der Waals surface area contributed by atoms with Crippen molar-refractivity contribution in [3.8, 4) is 5.75 Å². The average molecular weight is 558 g/mol. The van der Waals surface area contributed by atoms with Crippen LogP contribution < -0.4 is 10.1 Å². The highest BCUT2D eigenvalue weighted by Gasteiger charge is 2.20. The van der Waals surface area contributed by atoms with Gasteiger partial charge in [-0.25, -0.2) is 4.98 Å². The van der Waals surface area contributed by atoms with Crippen LogP contribution >= 0.6 is 35.3 Å². The summed E-state index contributed by atoms with van der Waals surface area (Å²) in [5, 5.41) is 6.79. The molecule has 1 aromatic heterocycles. The number of aliphatic imine (C=N–C) groups is 1. The number of likely N-dealkylation sites (tertiary alicyclic amines) is 1. The molecule has 0 atom stereocenters. The Bertz CT molecular complexity index is 803. The number of piperidine rings is 1. The van der Waals surface area contributed by atoms with Crippen molar-refractivity contribution in [1.82, 2.24) is 20.1 Å². The van der Waals surface area contributed by atoms with Crippen molar-refractivity contribution in [2.45, 2.75) is 39.8 Å².